The molecule has 0 radical (unpaired) electrons. The van der Waals surface area contributed by atoms with Crippen molar-refractivity contribution in [1.29, 1.82) is 0 Å². The summed E-state index contributed by atoms with van der Waals surface area (Å²) >= 11 is 0. The summed E-state index contributed by atoms with van der Waals surface area (Å²) in [4.78, 5) is 0. The molecule has 0 saturated carbocycles. The number of rotatable bonds is 7. The number of hydrogen-bond acceptors (Lipinski definition) is 8. The minimum atomic E-state index is -1.48. The Morgan fingerprint density at radius 3 is 2.48 bits per heavy atom. The highest BCUT2D eigenvalue weighted by atomic mass is 16.7. The Hall–Kier alpha value is -1.42. The molecular formula is C17H27NO7. The molecule has 8 nitrogen and oxygen atoms in total. The summed E-state index contributed by atoms with van der Waals surface area (Å²) in [6.07, 6.45) is -6.60. The monoisotopic (exact) mass is 357 g/mol. The number of aliphatic hydroxyl groups is 4. The number of anilines is 1. The van der Waals surface area contributed by atoms with Gasteiger partial charge in [0.1, 0.15) is 30.2 Å². The molecule has 0 bridgehead atoms. The molecule has 0 aromatic heterocycles. The quantitative estimate of drug-likeness (QED) is 0.456. The summed E-state index contributed by atoms with van der Waals surface area (Å²) in [6.45, 7) is 3.88. The Bertz CT molecular complexity index is 552. The number of ether oxygens (including phenoxy) is 3. The zero-order valence-electron chi connectivity index (χ0n) is 14.6. The van der Waals surface area contributed by atoms with Gasteiger partial charge in [0, 0.05) is 13.2 Å². The number of hydrogen-bond donors (Lipinski definition) is 5. The molecule has 8 heteroatoms. The summed E-state index contributed by atoms with van der Waals surface area (Å²) in [6, 6.07) is 5.52. The molecule has 25 heavy (non-hydrogen) atoms. The van der Waals surface area contributed by atoms with E-state index in [1.165, 1.54) is 0 Å². The summed E-state index contributed by atoms with van der Waals surface area (Å²) in [5.41, 5.74) is 1.62. The first-order valence-electron chi connectivity index (χ1n) is 8.23. The highest BCUT2D eigenvalue weighted by molar-refractivity contribution is 5.58. The second-order valence-electron chi connectivity index (χ2n) is 6.38. The first-order chi connectivity index (χ1) is 11.9. The molecular weight excluding hydrogens is 330 g/mol. The molecule has 0 spiro atoms. The van der Waals surface area contributed by atoms with E-state index in [0.717, 1.165) is 5.56 Å². The molecule has 1 heterocycles. The van der Waals surface area contributed by atoms with Crippen LogP contribution in [-0.4, -0.2) is 70.9 Å². The Kier molecular flexibility index (Phi) is 7.00. The van der Waals surface area contributed by atoms with Crippen LogP contribution < -0.4 is 10.1 Å². The van der Waals surface area contributed by atoms with E-state index < -0.39 is 37.3 Å². The average molecular weight is 357 g/mol. The Morgan fingerprint density at radius 2 is 1.88 bits per heavy atom. The molecule has 1 aliphatic rings. The summed E-state index contributed by atoms with van der Waals surface area (Å²) < 4.78 is 16.2. The number of methoxy groups -OCH3 is 1. The molecule has 1 saturated heterocycles. The highest BCUT2D eigenvalue weighted by Gasteiger charge is 2.44. The van der Waals surface area contributed by atoms with Crippen LogP contribution in [0, 0.1) is 0 Å². The third-order valence-corrected chi connectivity index (χ3v) is 3.89. The van der Waals surface area contributed by atoms with E-state index in [0.29, 0.717) is 18.0 Å². The fraction of sp³-hybridized carbons (Fsp3) is 0.647. The Labute approximate surface area is 147 Å². The summed E-state index contributed by atoms with van der Waals surface area (Å²) in [5.74, 6) is 0.415. The van der Waals surface area contributed by atoms with Crippen LogP contribution in [0.25, 0.3) is 0 Å². The molecule has 1 fully saturated rings. The molecule has 5 unspecified atom stereocenters. The largest absolute Gasteiger partial charge is 0.460 e. The van der Waals surface area contributed by atoms with Crippen LogP contribution in [0.15, 0.2) is 18.2 Å². The van der Waals surface area contributed by atoms with E-state index in [-0.39, 0.29) is 6.04 Å². The van der Waals surface area contributed by atoms with Crippen molar-refractivity contribution in [2.75, 3.05) is 19.0 Å². The van der Waals surface area contributed by atoms with Gasteiger partial charge in [0.2, 0.25) is 6.29 Å². The first-order valence-corrected chi connectivity index (χ1v) is 8.23. The molecule has 5 atom stereocenters. The number of benzene rings is 1. The van der Waals surface area contributed by atoms with Crippen molar-refractivity contribution in [1.82, 2.24) is 0 Å². The number of aliphatic hydroxyl groups excluding tert-OH is 4. The third kappa shape index (κ3) is 4.81. The van der Waals surface area contributed by atoms with Crippen molar-refractivity contribution < 1.29 is 34.6 Å². The van der Waals surface area contributed by atoms with Crippen LogP contribution in [0.5, 0.6) is 5.75 Å². The lowest BCUT2D eigenvalue weighted by Crippen LogP contribution is -2.60. The molecule has 2 rings (SSSR count). The summed E-state index contributed by atoms with van der Waals surface area (Å²) in [5, 5.41) is 42.3. The van der Waals surface area contributed by atoms with E-state index >= 15 is 0 Å². The van der Waals surface area contributed by atoms with Crippen LogP contribution >= 0.6 is 0 Å². The van der Waals surface area contributed by atoms with E-state index in [1.54, 1.807) is 13.2 Å². The van der Waals surface area contributed by atoms with Crippen molar-refractivity contribution in [3.8, 4) is 5.75 Å². The SMILES string of the molecule is COCc1ccc(OC2OC(CO)C(O)C(O)C2O)c(NC(C)C)c1. The van der Waals surface area contributed by atoms with Gasteiger partial charge in [-0.3, -0.25) is 0 Å². The van der Waals surface area contributed by atoms with Gasteiger partial charge in [0.25, 0.3) is 0 Å². The van der Waals surface area contributed by atoms with Crippen LogP contribution in [0.3, 0.4) is 0 Å². The van der Waals surface area contributed by atoms with Crippen LogP contribution in [0.4, 0.5) is 5.69 Å². The van der Waals surface area contributed by atoms with Gasteiger partial charge in [-0.25, -0.2) is 0 Å². The van der Waals surface area contributed by atoms with Gasteiger partial charge in [-0.15, -0.1) is 0 Å². The standard InChI is InChI=1S/C17H27NO7/c1-9(2)18-11-6-10(8-23-3)4-5-12(11)24-17-16(22)15(21)14(20)13(7-19)25-17/h4-6,9,13-22H,7-8H2,1-3H3. The maximum absolute atomic E-state index is 10.1. The predicted molar refractivity (Wildman–Crippen MR) is 90.3 cm³/mol. The van der Waals surface area contributed by atoms with Crippen LogP contribution in [-0.2, 0) is 16.1 Å². The fourth-order valence-electron chi connectivity index (χ4n) is 2.65. The van der Waals surface area contributed by atoms with Crippen molar-refractivity contribution in [2.45, 2.75) is 57.2 Å². The van der Waals surface area contributed by atoms with Crippen molar-refractivity contribution in [3.05, 3.63) is 23.8 Å². The lowest BCUT2D eigenvalue weighted by Gasteiger charge is -2.39. The Morgan fingerprint density at radius 1 is 1.16 bits per heavy atom. The molecule has 142 valence electrons. The van der Waals surface area contributed by atoms with Gasteiger partial charge in [0.05, 0.1) is 18.9 Å². The van der Waals surface area contributed by atoms with Crippen LogP contribution in [0.2, 0.25) is 0 Å². The zero-order chi connectivity index (χ0) is 18.6. The molecule has 1 aliphatic heterocycles. The molecule has 1 aromatic rings. The van der Waals surface area contributed by atoms with E-state index in [4.69, 9.17) is 14.2 Å². The van der Waals surface area contributed by atoms with Gasteiger partial charge in [-0.2, -0.15) is 0 Å². The molecule has 5 N–H and O–H groups in total. The smallest absolute Gasteiger partial charge is 0.229 e. The second kappa shape index (κ2) is 8.79. The second-order valence-corrected chi connectivity index (χ2v) is 6.38. The topological polar surface area (TPSA) is 121 Å². The lowest BCUT2D eigenvalue weighted by atomic mass is 9.99. The highest BCUT2D eigenvalue weighted by Crippen LogP contribution is 2.31. The number of nitrogens with one attached hydrogen (secondary N) is 1. The molecule has 0 aliphatic carbocycles. The van der Waals surface area contributed by atoms with Crippen LogP contribution in [0.1, 0.15) is 19.4 Å². The minimum Gasteiger partial charge on any atom is -0.460 e. The van der Waals surface area contributed by atoms with E-state index in [2.05, 4.69) is 5.32 Å². The zero-order valence-corrected chi connectivity index (χ0v) is 14.6. The van der Waals surface area contributed by atoms with Crippen molar-refractivity contribution in [2.24, 2.45) is 0 Å². The normalized spacial score (nSPS) is 29.7. The van der Waals surface area contributed by atoms with Gasteiger partial charge in [-0.1, -0.05) is 6.07 Å². The van der Waals surface area contributed by atoms with Gasteiger partial charge >= 0.3 is 0 Å². The maximum Gasteiger partial charge on any atom is 0.229 e. The lowest BCUT2D eigenvalue weighted by molar-refractivity contribution is -0.277. The molecule has 1 aromatic carbocycles. The third-order valence-electron chi connectivity index (χ3n) is 3.89. The Balaban J connectivity index is 2.22. The predicted octanol–water partition coefficient (Wildman–Crippen LogP) is -0.168. The summed E-state index contributed by atoms with van der Waals surface area (Å²) in [7, 11) is 1.61. The maximum atomic E-state index is 10.1. The first kappa shape index (κ1) is 19.9. The minimum absolute atomic E-state index is 0.134. The van der Waals surface area contributed by atoms with Crippen molar-refractivity contribution in [3.63, 3.8) is 0 Å². The fourth-order valence-corrected chi connectivity index (χ4v) is 2.65. The van der Waals surface area contributed by atoms with E-state index in [9.17, 15) is 20.4 Å². The van der Waals surface area contributed by atoms with E-state index in [1.807, 2.05) is 26.0 Å². The average Bonchev–Trinajstić information content (AvgIpc) is 2.57. The van der Waals surface area contributed by atoms with Gasteiger partial charge in [0.15, 0.2) is 0 Å². The van der Waals surface area contributed by atoms with Crippen molar-refractivity contribution >= 4 is 5.69 Å². The van der Waals surface area contributed by atoms with Gasteiger partial charge < -0.3 is 40.0 Å². The molecule has 0 amide bonds. The van der Waals surface area contributed by atoms with Gasteiger partial charge in [-0.05, 0) is 31.5 Å².